The lowest BCUT2D eigenvalue weighted by Gasteiger charge is -2.31. The Morgan fingerprint density at radius 2 is 1.67 bits per heavy atom. The molecule has 0 radical (unpaired) electrons. The standard InChI is InChI=1S/C20H20N2O5/c23-19(14-27-18-8-6-17(7-9-18)22(25)26)21-12-10-16(11-13-21)20(24)15-4-2-1-3-5-15/h1-9,16H,10-14H2. The number of Topliss-reactive ketones (excluding diaryl/α,β-unsaturated/α-hetero) is 1. The molecule has 0 unspecified atom stereocenters. The molecule has 1 saturated heterocycles. The first kappa shape index (κ1) is 18.6. The van der Waals surface area contributed by atoms with Crippen LogP contribution >= 0.6 is 0 Å². The fourth-order valence-corrected chi connectivity index (χ4v) is 3.13. The molecule has 1 fully saturated rings. The SMILES string of the molecule is O=C(c1ccccc1)C1CCN(C(=O)COc2ccc([N+](=O)[O-])cc2)CC1. The van der Waals surface area contributed by atoms with E-state index in [9.17, 15) is 19.7 Å². The van der Waals surface area contributed by atoms with Crippen molar-refractivity contribution in [1.29, 1.82) is 0 Å². The lowest BCUT2D eigenvalue weighted by Crippen LogP contribution is -2.42. The maximum atomic E-state index is 12.5. The summed E-state index contributed by atoms with van der Waals surface area (Å²) in [5, 5.41) is 10.6. The van der Waals surface area contributed by atoms with Gasteiger partial charge in [0.25, 0.3) is 11.6 Å². The Balaban J connectivity index is 1.47. The number of benzene rings is 2. The van der Waals surface area contributed by atoms with Crippen molar-refractivity contribution in [1.82, 2.24) is 4.90 Å². The van der Waals surface area contributed by atoms with Crippen molar-refractivity contribution in [3.05, 3.63) is 70.3 Å². The first-order valence-electron chi connectivity index (χ1n) is 8.79. The van der Waals surface area contributed by atoms with Gasteiger partial charge >= 0.3 is 0 Å². The molecule has 0 atom stereocenters. The molecule has 3 rings (SSSR count). The van der Waals surface area contributed by atoms with Crippen LogP contribution < -0.4 is 4.74 Å². The van der Waals surface area contributed by atoms with E-state index in [1.807, 2.05) is 30.3 Å². The molecule has 7 heteroatoms. The number of carbonyl (C=O) groups is 2. The molecule has 1 heterocycles. The van der Waals surface area contributed by atoms with Crippen molar-refractivity contribution in [2.75, 3.05) is 19.7 Å². The lowest BCUT2D eigenvalue weighted by atomic mass is 9.89. The van der Waals surface area contributed by atoms with Crippen molar-refractivity contribution in [2.24, 2.45) is 5.92 Å². The zero-order valence-corrected chi connectivity index (χ0v) is 14.7. The maximum absolute atomic E-state index is 12.5. The van der Waals surface area contributed by atoms with Gasteiger partial charge in [0.15, 0.2) is 12.4 Å². The Morgan fingerprint density at radius 1 is 1.04 bits per heavy atom. The third-order valence-corrected chi connectivity index (χ3v) is 4.69. The highest BCUT2D eigenvalue weighted by atomic mass is 16.6. The number of amides is 1. The van der Waals surface area contributed by atoms with Gasteiger partial charge in [0.1, 0.15) is 5.75 Å². The number of nitrogens with zero attached hydrogens (tertiary/aromatic N) is 2. The second kappa shape index (κ2) is 8.44. The number of nitro groups is 1. The summed E-state index contributed by atoms with van der Waals surface area (Å²) in [4.78, 5) is 36.6. The molecule has 0 spiro atoms. The normalized spacial score (nSPS) is 14.6. The highest BCUT2D eigenvalue weighted by Gasteiger charge is 2.28. The summed E-state index contributed by atoms with van der Waals surface area (Å²) in [6, 6.07) is 14.8. The first-order chi connectivity index (χ1) is 13.0. The Bertz CT molecular complexity index is 812. The Labute approximate surface area is 156 Å². The molecule has 0 N–H and O–H groups in total. The number of non-ortho nitro benzene ring substituents is 1. The van der Waals surface area contributed by atoms with Gasteiger partial charge in [-0.25, -0.2) is 0 Å². The molecule has 1 amide bonds. The van der Waals surface area contributed by atoms with Crippen molar-refractivity contribution in [3.8, 4) is 5.75 Å². The predicted molar refractivity (Wildman–Crippen MR) is 98.7 cm³/mol. The lowest BCUT2D eigenvalue weighted by molar-refractivity contribution is -0.384. The highest BCUT2D eigenvalue weighted by Crippen LogP contribution is 2.22. The summed E-state index contributed by atoms with van der Waals surface area (Å²) >= 11 is 0. The van der Waals surface area contributed by atoms with E-state index in [1.165, 1.54) is 24.3 Å². The van der Waals surface area contributed by atoms with Crippen molar-refractivity contribution < 1.29 is 19.2 Å². The van der Waals surface area contributed by atoms with Crippen molar-refractivity contribution in [3.63, 3.8) is 0 Å². The molecule has 2 aromatic carbocycles. The van der Waals surface area contributed by atoms with E-state index >= 15 is 0 Å². The van der Waals surface area contributed by atoms with Crippen LogP contribution in [-0.2, 0) is 4.79 Å². The minimum atomic E-state index is -0.490. The Kier molecular flexibility index (Phi) is 5.80. The summed E-state index contributed by atoms with van der Waals surface area (Å²) in [6.07, 6.45) is 1.27. The van der Waals surface area contributed by atoms with E-state index in [4.69, 9.17) is 4.74 Å². The van der Waals surface area contributed by atoms with Crippen LogP contribution in [0.5, 0.6) is 5.75 Å². The number of rotatable bonds is 6. The van der Waals surface area contributed by atoms with Gasteiger partial charge in [-0.2, -0.15) is 0 Å². The molecule has 0 bridgehead atoms. The fourth-order valence-electron chi connectivity index (χ4n) is 3.13. The number of likely N-dealkylation sites (tertiary alicyclic amines) is 1. The summed E-state index contributed by atoms with van der Waals surface area (Å²) in [5.41, 5.74) is 0.683. The van der Waals surface area contributed by atoms with E-state index in [1.54, 1.807) is 4.90 Å². The molecule has 140 valence electrons. The van der Waals surface area contributed by atoms with Crippen LogP contribution in [0.15, 0.2) is 54.6 Å². The van der Waals surface area contributed by atoms with Crippen LogP contribution in [0.4, 0.5) is 5.69 Å². The summed E-state index contributed by atoms with van der Waals surface area (Å²) in [6.45, 7) is 0.909. The van der Waals surface area contributed by atoms with E-state index in [0.717, 1.165) is 0 Å². The number of ketones is 1. The average molecular weight is 368 g/mol. The molecule has 2 aromatic rings. The van der Waals surface area contributed by atoms with Crippen molar-refractivity contribution in [2.45, 2.75) is 12.8 Å². The van der Waals surface area contributed by atoms with Gasteiger partial charge in [-0.05, 0) is 25.0 Å². The quantitative estimate of drug-likeness (QED) is 0.444. The molecule has 1 aliphatic heterocycles. The van der Waals surface area contributed by atoms with E-state index in [-0.39, 0.29) is 29.9 Å². The number of piperidine rings is 1. The van der Waals surface area contributed by atoms with Gasteiger partial charge in [-0.1, -0.05) is 30.3 Å². The molecule has 1 aliphatic rings. The summed E-state index contributed by atoms with van der Waals surface area (Å²) in [5.74, 6) is 0.318. The van der Waals surface area contributed by atoms with Crippen LogP contribution in [0.1, 0.15) is 23.2 Å². The van der Waals surface area contributed by atoms with Gasteiger partial charge in [0.05, 0.1) is 4.92 Å². The number of nitro benzene ring substituents is 1. The number of hydrogen-bond acceptors (Lipinski definition) is 5. The van der Waals surface area contributed by atoms with Gasteiger partial charge in [0.2, 0.25) is 0 Å². The summed E-state index contributed by atoms with van der Waals surface area (Å²) in [7, 11) is 0. The van der Waals surface area contributed by atoms with E-state index in [2.05, 4.69) is 0 Å². The van der Waals surface area contributed by atoms with Crippen LogP contribution in [0.2, 0.25) is 0 Å². The third-order valence-electron chi connectivity index (χ3n) is 4.69. The van der Waals surface area contributed by atoms with Crippen LogP contribution in [0, 0.1) is 16.0 Å². The number of hydrogen-bond donors (Lipinski definition) is 0. The second-order valence-corrected chi connectivity index (χ2v) is 6.43. The third kappa shape index (κ3) is 4.69. The van der Waals surface area contributed by atoms with Crippen LogP contribution in [0.3, 0.4) is 0 Å². The topological polar surface area (TPSA) is 89.8 Å². The zero-order chi connectivity index (χ0) is 19.2. The van der Waals surface area contributed by atoms with Gasteiger partial charge < -0.3 is 9.64 Å². The van der Waals surface area contributed by atoms with Crippen molar-refractivity contribution >= 4 is 17.4 Å². The molecular weight excluding hydrogens is 348 g/mol. The molecule has 0 aromatic heterocycles. The van der Waals surface area contributed by atoms with Crippen LogP contribution in [-0.4, -0.2) is 41.2 Å². The first-order valence-corrected chi connectivity index (χ1v) is 8.79. The van der Waals surface area contributed by atoms with Gasteiger partial charge in [0, 0.05) is 36.7 Å². The Morgan fingerprint density at radius 3 is 2.26 bits per heavy atom. The minimum absolute atomic E-state index is 0.0289. The summed E-state index contributed by atoms with van der Waals surface area (Å²) < 4.78 is 5.42. The maximum Gasteiger partial charge on any atom is 0.269 e. The van der Waals surface area contributed by atoms with Crippen LogP contribution in [0.25, 0.3) is 0 Å². The average Bonchev–Trinajstić information content (AvgIpc) is 2.72. The number of carbonyl (C=O) groups excluding carboxylic acids is 2. The smallest absolute Gasteiger partial charge is 0.269 e. The minimum Gasteiger partial charge on any atom is -0.484 e. The second-order valence-electron chi connectivity index (χ2n) is 6.43. The largest absolute Gasteiger partial charge is 0.484 e. The molecule has 0 saturated carbocycles. The van der Waals surface area contributed by atoms with Gasteiger partial charge in [-0.15, -0.1) is 0 Å². The monoisotopic (exact) mass is 368 g/mol. The molecule has 7 nitrogen and oxygen atoms in total. The van der Waals surface area contributed by atoms with E-state index < -0.39 is 4.92 Å². The highest BCUT2D eigenvalue weighted by molar-refractivity contribution is 5.98. The molecule has 27 heavy (non-hydrogen) atoms. The number of ether oxygens (including phenoxy) is 1. The fraction of sp³-hybridized carbons (Fsp3) is 0.300. The molecule has 0 aliphatic carbocycles. The Hall–Kier alpha value is -3.22. The zero-order valence-electron chi connectivity index (χ0n) is 14.7. The van der Waals surface area contributed by atoms with Gasteiger partial charge in [-0.3, -0.25) is 19.7 Å². The van der Waals surface area contributed by atoms with E-state index in [0.29, 0.717) is 37.2 Å². The predicted octanol–water partition coefficient (Wildman–Crippen LogP) is 3.10. The molecular formula is C20H20N2O5.